The highest BCUT2D eigenvalue weighted by molar-refractivity contribution is 6.30. The van der Waals surface area contributed by atoms with Crippen molar-refractivity contribution in [1.29, 1.82) is 0 Å². The Labute approximate surface area is 174 Å². The first-order valence-corrected chi connectivity index (χ1v) is 9.46. The number of halogens is 1. The summed E-state index contributed by atoms with van der Waals surface area (Å²) in [4.78, 5) is 26.4. The van der Waals surface area contributed by atoms with Gasteiger partial charge in [0.15, 0.2) is 23.0 Å². The quantitative estimate of drug-likeness (QED) is 0.742. The van der Waals surface area contributed by atoms with Crippen molar-refractivity contribution in [3.8, 4) is 11.5 Å². The van der Waals surface area contributed by atoms with Crippen LogP contribution in [0, 0.1) is 0 Å². The van der Waals surface area contributed by atoms with Crippen LogP contribution in [-0.4, -0.2) is 42.5 Å². The number of aliphatic hydroxyl groups excluding tert-OH is 1. The Kier molecular flexibility index (Phi) is 6.13. The second-order valence-electron chi connectivity index (χ2n) is 6.71. The minimum atomic E-state index is -0.655. The van der Waals surface area contributed by atoms with Gasteiger partial charge in [0.05, 0.1) is 25.8 Å². The van der Waals surface area contributed by atoms with Gasteiger partial charge in [0.1, 0.15) is 0 Å². The summed E-state index contributed by atoms with van der Waals surface area (Å²) in [6.07, 6.45) is 0.509. The van der Waals surface area contributed by atoms with Gasteiger partial charge in [0.25, 0.3) is 5.91 Å². The second-order valence-corrected chi connectivity index (χ2v) is 7.15. The maximum Gasteiger partial charge on any atom is 0.290 e. The van der Waals surface area contributed by atoms with Crippen molar-refractivity contribution in [3.63, 3.8) is 0 Å². The molecule has 0 saturated heterocycles. The van der Waals surface area contributed by atoms with Gasteiger partial charge in [-0.1, -0.05) is 29.8 Å². The molecule has 0 radical (unpaired) electrons. The number of carbonyl (C=O) groups is 2. The molecule has 3 rings (SSSR count). The molecule has 1 aliphatic rings. The number of benzene rings is 2. The highest BCUT2D eigenvalue weighted by atomic mass is 35.5. The normalized spacial score (nSPS) is 16.3. The Morgan fingerprint density at radius 2 is 1.76 bits per heavy atom. The van der Waals surface area contributed by atoms with Crippen LogP contribution >= 0.6 is 11.6 Å². The van der Waals surface area contributed by atoms with E-state index in [0.29, 0.717) is 35.1 Å². The van der Waals surface area contributed by atoms with E-state index in [9.17, 15) is 14.7 Å². The van der Waals surface area contributed by atoms with E-state index in [4.69, 9.17) is 21.1 Å². The molecular weight excluding hydrogens is 394 g/mol. The Hall–Kier alpha value is -2.99. The number of nitrogens with zero attached hydrogens (tertiary/aromatic N) is 1. The van der Waals surface area contributed by atoms with Gasteiger partial charge in [-0.2, -0.15) is 0 Å². The third kappa shape index (κ3) is 4.07. The summed E-state index contributed by atoms with van der Waals surface area (Å²) in [5.74, 6) is -0.187. The smallest absolute Gasteiger partial charge is 0.290 e. The molecule has 29 heavy (non-hydrogen) atoms. The fourth-order valence-electron chi connectivity index (χ4n) is 3.52. The molecular formula is C22H22ClNO5. The van der Waals surface area contributed by atoms with Crippen molar-refractivity contribution in [2.75, 3.05) is 20.8 Å². The number of hydrogen-bond acceptors (Lipinski definition) is 5. The Bertz CT molecular complexity index is 968. The number of carbonyl (C=O) groups excluding carboxylic acids is 2. The van der Waals surface area contributed by atoms with Crippen LogP contribution in [-0.2, 0) is 16.0 Å². The van der Waals surface area contributed by atoms with E-state index in [0.717, 1.165) is 5.56 Å². The zero-order valence-corrected chi connectivity index (χ0v) is 17.2. The fraction of sp³-hybridized carbons (Fsp3) is 0.273. The topological polar surface area (TPSA) is 76.1 Å². The summed E-state index contributed by atoms with van der Waals surface area (Å²) in [7, 11) is 3.12. The molecule has 0 aliphatic carbocycles. The molecule has 1 aliphatic heterocycles. The largest absolute Gasteiger partial charge is 0.503 e. The molecule has 0 spiro atoms. The van der Waals surface area contributed by atoms with Crippen molar-refractivity contribution in [2.24, 2.45) is 0 Å². The minimum absolute atomic E-state index is 0.102. The van der Waals surface area contributed by atoms with Gasteiger partial charge in [-0.05, 0) is 48.7 Å². The van der Waals surface area contributed by atoms with Crippen LogP contribution in [0.15, 0.2) is 53.8 Å². The first-order valence-electron chi connectivity index (χ1n) is 9.08. The summed E-state index contributed by atoms with van der Waals surface area (Å²) in [6, 6.07) is 11.8. The lowest BCUT2D eigenvalue weighted by Crippen LogP contribution is -2.32. The summed E-state index contributed by atoms with van der Waals surface area (Å²) < 4.78 is 10.6. The van der Waals surface area contributed by atoms with Gasteiger partial charge < -0.3 is 19.5 Å². The Morgan fingerprint density at radius 3 is 2.34 bits per heavy atom. The number of methoxy groups -OCH3 is 2. The average Bonchev–Trinajstić information content (AvgIpc) is 2.97. The fourth-order valence-corrected chi connectivity index (χ4v) is 3.65. The van der Waals surface area contributed by atoms with Gasteiger partial charge in [-0.25, -0.2) is 0 Å². The number of amides is 1. The molecule has 1 N–H and O–H groups in total. The molecule has 7 heteroatoms. The lowest BCUT2D eigenvalue weighted by molar-refractivity contribution is -0.129. The van der Waals surface area contributed by atoms with Crippen molar-refractivity contribution >= 4 is 23.3 Å². The summed E-state index contributed by atoms with van der Waals surface area (Å²) in [6.45, 7) is 1.65. The number of aliphatic hydroxyl groups is 1. The zero-order chi connectivity index (χ0) is 21.1. The lowest BCUT2D eigenvalue weighted by Gasteiger charge is -2.26. The van der Waals surface area contributed by atoms with E-state index in [1.54, 1.807) is 44.6 Å². The summed E-state index contributed by atoms with van der Waals surface area (Å²) in [5.41, 5.74) is 1.75. The maximum absolute atomic E-state index is 12.7. The third-order valence-corrected chi connectivity index (χ3v) is 5.21. The van der Waals surface area contributed by atoms with Crippen molar-refractivity contribution in [1.82, 2.24) is 4.90 Å². The predicted octanol–water partition coefficient (Wildman–Crippen LogP) is 3.88. The van der Waals surface area contributed by atoms with E-state index in [1.807, 2.05) is 12.1 Å². The number of rotatable bonds is 7. The molecule has 1 amide bonds. The Morgan fingerprint density at radius 1 is 1.10 bits per heavy atom. The van der Waals surface area contributed by atoms with E-state index in [-0.39, 0.29) is 11.4 Å². The van der Waals surface area contributed by atoms with Crippen LogP contribution in [0.25, 0.3) is 0 Å². The van der Waals surface area contributed by atoms with Crippen molar-refractivity contribution < 1.29 is 24.2 Å². The Balaban J connectivity index is 1.89. The van der Waals surface area contributed by atoms with Crippen molar-refractivity contribution in [2.45, 2.75) is 19.4 Å². The molecule has 2 aromatic rings. The van der Waals surface area contributed by atoms with Crippen LogP contribution in [0.4, 0.5) is 0 Å². The van der Waals surface area contributed by atoms with E-state index in [1.165, 1.54) is 11.8 Å². The highest BCUT2D eigenvalue weighted by Crippen LogP contribution is 2.38. The predicted molar refractivity (Wildman–Crippen MR) is 109 cm³/mol. The van der Waals surface area contributed by atoms with Crippen LogP contribution in [0.5, 0.6) is 11.5 Å². The minimum Gasteiger partial charge on any atom is -0.503 e. The first kappa shape index (κ1) is 20.7. The number of Topliss-reactive ketones (excluding diaryl/α,β-unsaturated/α-hetero) is 1. The molecule has 0 bridgehead atoms. The zero-order valence-electron chi connectivity index (χ0n) is 16.4. The van der Waals surface area contributed by atoms with Crippen LogP contribution in [0.1, 0.15) is 24.1 Å². The lowest BCUT2D eigenvalue weighted by atomic mass is 9.96. The molecule has 1 atom stereocenters. The highest BCUT2D eigenvalue weighted by Gasteiger charge is 2.42. The van der Waals surface area contributed by atoms with Gasteiger partial charge in [-0.15, -0.1) is 0 Å². The van der Waals surface area contributed by atoms with Crippen LogP contribution in [0.3, 0.4) is 0 Å². The molecule has 6 nitrogen and oxygen atoms in total. The van der Waals surface area contributed by atoms with E-state index in [2.05, 4.69) is 0 Å². The summed E-state index contributed by atoms with van der Waals surface area (Å²) in [5, 5.41) is 10.9. The molecule has 0 saturated carbocycles. The standard InChI is InChI=1S/C22H22ClNO5/c1-13(25)19-20(15-5-7-16(23)8-6-15)24(22(27)21(19)26)11-10-14-4-9-17(28-2)18(12-14)29-3/h4-9,12,20,26H,10-11H2,1-3H3/t20-/m0/s1. The van der Waals surface area contributed by atoms with Gasteiger partial charge >= 0.3 is 0 Å². The maximum atomic E-state index is 12.7. The molecule has 2 aromatic carbocycles. The number of ether oxygens (including phenoxy) is 2. The first-order chi connectivity index (χ1) is 13.9. The number of hydrogen-bond donors (Lipinski definition) is 1. The van der Waals surface area contributed by atoms with Gasteiger partial charge in [-0.3, -0.25) is 9.59 Å². The van der Waals surface area contributed by atoms with Crippen LogP contribution in [0.2, 0.25) is 5.02 Å². The van der Waals surface area contributed by atoms with Crippen molar-refractivity contribution in [3.05, 3.63) is 69.9 Å². The third-order valence-electron chi connectivity index (χ3n) is 4.96. The molecule has 0 fully saturated rings. The molecule has 0 aromatic heterocycles. The summed E-state index contributed by atoms with van der Waals surface area (Å²) >= 11 is 5.97. The monoisotopic (exact) mass is 415 g/mol. The SMILES string of the molecule is COc1ccc(CCN2C(=O)C(O)=C(C(C)=O)[C@@H]2c2ccc(Cl)cc2)cc1OC. The van der Waals surface area contributed by atoms with E-state index < -0.39 is 17.7 Å². The van der Waals surface area contributed by atoms with Gasteiger partial charge in [0.2, 0.25) is 0 Å². The van der Waals surface area contributed by atoms with E-state index >= 15 is 0 Å². The molecule has 1 heterocycles. The van der Waals surface area contributed by atoms with Gasteiger partial charge in [0, 0.05) is 11.6 Å². The molecule has 152 valence electrons. The molecule has 0 unspecified atom stereocenters. The van der Waals surface area contributed by atoms with Crippen LogP contribution < -0.4 is 9.47 Å². The number of ketones is 1. The average molecular weight is 416 g/mol. The second kappa shape index (κ2) is 8.57.